The van der Waals surface area contributed by atoms with Crippen LogP contribution in [0, 0.1) is 0 Å². The molecule has 0 saturated heterocycles. The Morgan fingerprint density at radius 2 is 1.89 bits per heavy atom. The van der Waals surface area contributed by atoms with Crippen LogP contribution < -0.4 is 9.64 Å². The molecule has 0 N–H and O–H groups in total. The number of carbonyl (C=O) groups excluding carboxylic acids is 2. The third-order valence-electron chi connectivity index (χ3n) is 4.34. The van der Waals surface area contributed by atoms with Crippen molar-refractivity contribution in [3.8, 4) is 5.75 Å². The first-order valence-corrected chi connectivity index (χ1v) is 9.00. The number of hydrogen-bond donors (Lipinski definition) is 0. The molecule has 0 bridgehead atoms. The summed E-state index contributed by atoms with van der Waals surface area (Å²) >= 11 is 0. The largest absolute Gasteiger partial charge is 0.497 e. The number of nitrogens with zero attached hydrogens (tertiary/aromatic N) is 2. The molecule has 1 heterocycles. The number of methoxy groups -OCH3 is 1. The second-order valence-corrected chi connectivity index (χ2v) is 6.22. The van der Waals surface area contributed by atoms with Crippen molar-refractivity contribution in [2.24, 2.45) is 5.16 Å². The van der Waals surface area contributed by atoms with E-state index < -0.39 is 5.97 Å². The summed E-state index contributed by atoms with van der Waals surface area (Å²) in [5.74, 6) is -0.157. The molecule has 2 aromatic carbocycles. The van der Waals surface area contributed by atoms with Crippen LogP contribution in [0.5, 0.6) is 5.75 Å². The molecule has 146 valence electrons. The van der Waals surface area contributed by atoms with E-state index in [0.29, 0.717) is 6.54 Å². The zero-order valence-electron chi connectivity index (χ0n) is 15.7. The van der Waals surface area contributed by atoms with Crippen LogP contribution in [0.4, 0.5) is 5.69 Å². The molecule has 7 heteroatoms. The molecular formula is C21H22N2O5. The van der Waals surface area contributed by atoms with Gasteiger partial charge < -0.3 is 19.2 Å². The van der Waals surface area contributed by atoms with Crippen molar-refractivity contribution < 1.29 is 23.9 Å². The average Bonchev–Trinajstić information content (AvgIpc) is 2.75. The molecule has 1 aliphatic heterocycles. The summed E-state index contributed by atoms with van der Waals surface area (Å²) in [6.07, 6.45) is 3.31. The minimum Gasteiger partial charge on any atom is -0.497 e. The average molecular weight is 382 g/mol. The highest BCUT2D eigenvalue weighted by molar-refractivity contribution is 5.96. The lowest BCUT2D eigenvalue weighted by atomic mass is 10.0. The van der Waals surface area contributed by atoms with Crippen molar-refractivity contribution in [3.05, 3.63) is 59.7 Å². The summed E-state index contributed by atoms with van der Waals surface area (Å²) in [6.45, 7) is -0.0642. The fourth-order valence-electron chi connectivity index (χ4n) is 2.93. The number of anilines is 1. The highest BCUT2D eigenvalue weighted by atomic mass is 16.7. The summed E-state index contributed by atoms with van der Waals surface area (Å²) in [7, 11) is 1.59. The summed E-state index contributed by atoms with van der Waals surface area (Å²) < 4.78 is 10.1. The highest BCUT2D eigenvalue weighted by Gasteiger charge is 2.23. The van der Waals surface area contributed by atoms with Gasteiger partial charge in [-0.15, -0.1) is 0 Å². The Morgan fingerprint density at radius 1 is 1.11 bits per heavy atom. The van der Waals surface area contributed by atoms with Crippen molar-refractivity contribution >= 4 is 23.8 Å². The molecule has 0 aliphatic carbocycles. The van der Waals surface area contributed by atoms with Gasteiger partial charge in [-0.2, -0.15) is 0 Å². The molecule has 0 radical (unpaired) electrons. The van der Waals surface area contributed by atoms with Crippen LogP contribution in [0.2, 0.25) is 0 Å². The number of carbonyl (C=O) groups is 2. The van der Waals surface area contributed by atoms with E-state index in [2.05, 4.69) is 5.16 Å². The molecule has 0 aromatic heterocycles. The fraction of sp³-hybridized carbons (Fsp3) is 0.286. The Labute approximate surface area is 163 Å². The van der Waals surface area contributed by atoms with Gasteiger partial charge >= 0.3 is 5.97 Å². The molecular weight excluding hydrogens is 360 g/mol. The number of esters is 1. The molecule has 2 aromatic rings. The van der Waals surface area contributed by atoms with Crippen LogP contribution in [-0.2, 0) is 25.6 Å². The summed E-state index contributed by atoms with van der Waals surface area (Å²) in [5.41, 5.74) is 2.81. The van der Waals surface area contributed by atoms with Gasteiger partial charge in [0.25, 0.3) is 5.91 Å². The number of hydrogen-bond acceptors (Lipinski definition) is 6. The maximum Gasteiger partial charge on any atom is 0.347 e. The summed E-state index contributed by atoms with van der Waals surface area (Å²) in [4.78, 5) is 30.8. The van der Waals surface area contributed by atoms with E-state index in [0.717, 1.165) is 35.4 Å². The quantitative estimate of drug-likeness (QED) is 0.418. The standard InChI is InChI=1S/C21H22N2O5/c1-26-18-10-8-16(9-11-18)13-22-28-15-21(25)27-14-20(24)23-12-4-6-17-5-2-3-7-19(17)23/h2-3,5,7-11,13H,4,6,12,14-15H2,1H3. The zero-order valence-corrected chi connectivity index (χ0v) is 15.7. The number of aryl methyl sites for hydroxylation is 1. The van der Waals surface area contributed by atoms with E-state index in [9.17, 15) is 9.59 Å². The van der Waals surface area contributed by atoms with Crippen LogP contribution in [0.1, 0.15) is 17.5 Å². The Morgan fingerprint density at radius 3 is 2.68 bits per heavy atom. The van der Waals surface area contributed by atoms with Crippen molar-refractivity contribution in [2.45, 2.75) is 12.8 Å². The number of para-hydroxylation sites is 1. The van der Waals surface area contributed by atoms with E-state index in [1.54, 1.807) is 36.3 Å². The zero-order chi connectivity index (χ0) is 19.8. The highest BCUT2D eigenvalue weighted by Crippen LogP contribution is 2.26. The lowest BCUT2D eigenvalue weighted by molar-refractivity contribution is -0.152. The smallest absolute Gasteiger partial charge is 0.347 e. The molecule has 0 spiro atoms. The SMILES string of the molecule is COc1ccc(C=NOCC(=O)OCC(=O)N2CCCc3ccccc32)cc1. The predicted octanol–water partition coefficient (Wildman–Crippen LogP) is 2.57. The fourth-order valence-corrected chi connectivity index (χ4v) is 2.93. The van der Waals surface area contributed by atoms with Gasteiger partial charge in [0.1, 0.15) is 5.75 Å². The van der Waals surface area contributed by atoms with Crippen LogP contribution in [0.15, 0.2) is 53.7 Å². The maximum absolute atomic E-state index is 12.4. The molecule has 3 rings (SSSR count). The van der Waals surface area contributed by atoms with Gasteiger partial charge in [-0.25, -0.2) is 4.79 Å². The second kappa shape index (κ2) is 9.55. The van der Waals surface area contributed by atoms with E-state index in [-0.39, 0.29) is 19.1 Å². The minimum atomic E-state index is -0.648. The van der Waals surface area contributed by atoms with Crippen molar-refractivity contribution in [3.63, 3.8) is 0 Å². The van der Waals surface area contributed by atoms with E-state index in [1.165, 1.54) is 6.21 Å². The third kappa shape index (κ3) is 5.09. The molecule has 28 heavy (non-hydrogen) atoms. The van der Waals surface area contributed by atoms with Crippen LogP contribution >= 0.6 is 0 Å². The number of fused-ring (bicyclic) bond motifs is 1. The molecule has 0 saturated carbocycles. The first-order chi connectivity index (χ1) is 13.7. The number of rotatable bonds is 7. The lowest BCUT2D eigenvalue weighted by Crippen LogP contribution is -2.38. The molecule has 0 atom stereocenters. The molecule has 0 unspecified atom stereocenters. The number of ether oxygens (including phenoxy) is 2. The number of oxime groups is 1. The Hall–Kier alpha value is -3.35. The lowest BCUT2D eigenvalue weighted by Gasteiger charge is -2.29. The number of amides is 1. The van der Waals surface area contributed by atoms with Gasteiger partial charge in [0.05, 0.1) is 13.3 Å². The van der Waals surface area contributed by atoms with Crippen LogP contribution in [0.25, 0.3) is 0 Å². The molecule has 1 amide bonds. The first-order valence-electron chi connectivity index (χ1n) is 9.00. The van der Waals surface area contributed by atoms with E-state index >= 15 is 0 Å². The molecule has 1 aliphatic rings. The Bertz CT molecular complexity index is 848. The monoisotopic (exact) mass is 382 g/mol. The normalized spacial score (nSPS) is 13.1. The van der Waals surface area contributed by atoms with Gasteiger partial charge in [-0.3, -0.25) is 4.79 Å². The topological polar surface area (TPSA) is 77.4 Å². The van der Waals surface area contributed by atoms with E-state index in [4.69, 9.17) is 14.3 Å². The van der Waals surface area contributed by atoms with Crippen molar-refractivity contribution in [2.75, 3.05) is 31.8 Å². The summed E-state index contributed by atoms with van der Waals surface area (Å²) in [6, 6.07) is 15.0. The molecule has 7 nitrogen and oxygen atoms in total. The van der Waals surface area contributed by atoms with Gasteiger partial charge in [-0.1, -0.05) is 23.4 Å². The van der Waals surface area contributed by atoms with Crippen molar-refractivity contribution in [1.29, 1.82) is 0 Å². The van der Waals surface area contributed by atoms with Crippen LogP contribution in [0.3, 0.4) is 0 Å². The third-order valence-corrected chi connectivity index (χ3v) is 4.34. The van der Waals surface area contributed by atoms with Gasteiger partial charge in [0, 0.05) is 12.2 Å². The Balaban J connectivity index is 1.42. The van der Waals surface area contributed by atoms with E-state index in [1.807, 2.05) is 24.3 Å². The van der Waals surface area contributed by atoms with Gasteiger partial charge in [0.15, 0.2) is 6.61 Å². The first kappa shape index (κ1) is 19.4. The number of benzene rings is 2. The predicted molar refractivity (Wildman–Crippen MR) is 105 cm³/mol. The van der Waals surface area contributed by atoms with Gasteiger partial charge in [-0.05, 0) is 54.3 Å². The minimum absolute atomic E-state index is 0.248. The maximum atomic E-state index is 12.4. The summed E-state index contributed by atoms with van der Waals surface area (Å²) in [5, 5.41) is 3.72. The molecule has 0 fully saturated rings. The second-order valence-electron chi connectivity index (χ2n) is 6.22. The Kier molecular flexibility index (Phi) is 6.62. The van der Waals surface area contributed by atoms with Gasteiger partial charge in [0.2, 0.25) is 6.61 Å². The van der Waals surface area contributed by atoms with Crippen molar-refractivity contribution in [1.82, 2.24) is 0 Å². The van der Waals surface area contributed by atoms with Crippen LogP contribution in [-0.4, -0.2) is 45.0 Å².